The van der Waals surface area contributed by atoms with Gasteiger partial charge in [-0.15, -0.1) is 0 Å². The van der Waals surface area contributed by atoms with E-state index in [4.69, 9.17) is 0 Å². The van der Waals surface area contributed by atoms with Crippen molar-refractivity contribution in [2.24, 2.45) is 0 Å². The Labute approximate surface area is 150 Å². The van der Waals surface area contributed by atoms with E-state index in [0.717, 1.165) is 28.9 Å². The number of aryl methyl sites for hydroxylation is 1. The molecule has 4 nitrogen and oxygen atoms in total. The van der Waals surface area contributed by atoms with Crippen molar-refractivity contribution >= 4 is 33.4 Å². The molecule has 1 heterocycles. The lowest BCUT2D eigenvalue weighted by Gasteiger charge is -2.09. The average Bonchev–Trinajstić information content (AvgIpc) is 2.60. The van der Waals surface area contributed by atoms with Gasteiger partial charge in [0.1, 0.15) is 5.82 Å². The molecule has 0 atom stereocenters. The molecular formula is C19H19BrN4. The predicted molar refractivity (Wildman–Crippen MR) is 103 cm³/mol. The third kappa shape index (κ3) is 4.55. The summed E-state index contributed by atoms with van der Waals surface area (Å²) in [6, 6.07) is 18.4. The third-order valence-electron chi connectivity index (χ3n) is 3.64. The first-order valence-corrected chi connectivity index (χ1v) is 8.64. The quantitative estimate of drug-likeness (QED) is 0.633. The molecule has 0 unspecified atom stereocenters. The molecule has 3 rings (SSSR count). The number of nitrogens with one attached hydrogen (secondary N) is 2. The number of nitrogens with zero attached hydrogens (tertiary/aromatic N) is 2. The minimum Gasteiger partial charge on any atom is -0.354 e. The topological polar surface area (TPSA) is 49.8 Å². The maximum atomic E-state index is 4.50. The van der Waals surface area contributed by atoms with Gasteiger partial charge in [0.05, 0.1) is 0 Å². The van der Waals surface area contributed by atoms with Crippen molar-refractivity contribution in [3.05, 3.63) is 76.4 Å². The fourth-order valence-electron chi connectivity index (χ4n) is 2.30. The minimum atomic E-state index is 0.627. The van der Waals surface area contributed by atoms with Gasteiger partial charge in [-0.3, -0.25) is 0 Å². The van der Waals surface area contributed by atoms with Crippen LogP contribution in [0.5, 0.6) is 0 Å². The van der Waals surface area contributed by atoms with E-state index in [1.165, 1.54) is 11.1 Å². The lowest BCUT2D eigenvalue weighted by Crippen LogP contribution is -2.08. The molecule has 1 aromatic heterocycles. The van der Waals surface area contributed by atoms with Crippen LogP contribution >= 0.6 is 15.9 Å². The largest absolute Gasteiger partial charge is 0.354 e. The van der Waals surface area contributed by atoms with Gasteiger partial charge in [-0.05, 0) is 42.7 Å². The van der Waals surface area contributed by atoms with E-state index < -0.39 is 0 Å². The Kier molecular flexibility index (Phi) is 5.43. The smallest absolute Gasteiger partial charge is 0.224 e. The summed E-state index contributed by atoms with van der Waals surface area (Å²) in [5.74, 6) is 1.39. The minimum absolute atomic E-state index is 0.627. The maximum absolute atomic E-state index is 4.50. The van der Waals surface area contributed by atoms with Crippen LogP contribution in [0, 0.1) is 6.92 Å². The van der Waals surface area contributed by atoms with E-state index in [9.17, 15) is 0 Å². The van der Waals surface area contributed by atoms with Crippen LogP contribution in [0.15, 0.2) is 65.3 Å². The first-order valence-electron chi connectivity index (χ1n) is 7.85. The second-order valence-corrected chi connectivity index (χ2v) is 6.37. The Morgan fingerprint density at radius 3 is 2.67 bits per heavy atom. The van der Waals surface area contributed by atoms with Crippen molar-refractivity contribution in [2.75, 3.05) is 17.2 Å². The SMILES string of the molecule is Cc1ccc(Nc2ccnc(NCCc3ccccc3)n2)cc1Br. The number of rotatable bonds is 6. The Morgan fingerprint density at radius 1 is 1.04 bits per heavy atom. The molecule has 0 amide bonds. The monoisotopic (exact) mass is 382 g/mol. The van der Waals surface area contributed by atoms with Crippen LogP contribution in [0.25, 0.3) is 0 Å². The first-order chi connectivity index (χ1) is 11.7. The summed E-state index contributed by atoms with van der Waals surface area (Å²) in [4.78, 5) is 8.78. The van der Waals surface area contributed by atoms with E-state index in [2.05, 4.69) is 73.8 Å². The number of hydrogen-bond donors (Lipinski definition) is 2. The van der Waals surface area contributed by atoms with Crippen LogP contribution < -0.4 is 10.6 Å². The third-order valence-corrected chi connectivity index (χ3v) is 4.49. The Hall–Kier alpha value is -2.40. The molecule has 0 fully saturated rings. The molecule has 5 heteroatoms. The molecule has 122 valence electrons. The zero-order chi connectivity index (χ0) is 16.8. The van der Waals surface area contributed by atoms with Crippen LogP contribution in [0.1, 0.15) is 11.1 Å². The molecule has 0 bridgehead atoms. The average molecular weight is 383 g/mol. The molecule has 0 aliphatic rings. The summed E-state index contributed by atoms with van der Waals surface area (Å²) in [6.07, 6.45) is 2.69. The van der Waals surface area contributed by atoms with E-state index in [0.29, 0.717) is 5.95 Å². The molecule has 0 saturated carbocycles. The fourth-order valence-corrected chi connectivity index (χ4v) is 2.67. The highest BCUT2D eigenvalue weighted by Crippen LogP contribution is 2.23. The van der Waals surface area contributed by atoms with Gasteiger partial charge < -0.3 is 10.6 Å². The number of aromatic nitrogens is 2. The van der Waals surface area contributed by atoms with E-state index >= 15 is 0 Å². The lowest BCUT2D eigenvalue weighted by atomic mass is 10.1. The fraction of sp³-hybridized carbons (Fsp3) is 0.158. The molecule has 0 saturated heterocycles. The van der Waals surface area contributed by atoms with Gasteiger partial charge in [0, 0.05) is 22.9 Å². The van der Waals surface area contributed by atoms with Crippen LogP contribution in [0.3, 0.4) is 0 Å². The number of anilines is 3. The van der Waals surface area contributed by atoms with Gasteiger partial charge in [0.25, 0.3) is 0 Å². The molecule has 24 heavy (non-hydrogen) atoms. The van der Waals surface area contributed by atoms with Gasteiger partial charge >= 0.3 is 0 Å². The molecule has 2 N–H and O–H groups in total. The zero-order valence-corrected chi connectivity index (χ0v) is 15.0. The molecule has 0 aliphatic carbocycles. The summed E-state index contributed by atoms with van der Waals surface area (Å²) in [7, 11) is 0. The summed E-state index contributed by atoms with van der Waals surface area (Å²) in [6.45, 7) is 2.86. The maximum Gasteiger partial charge on any atom is 0.224 e. The molecule has 0 radical (unpaired) electrons. The van der Waals surface area contributed by atoms with Crippen LogP contribution in [0.4, 0.5) is 17.5 Å². The number of hydrogen-bond acceptors (Lipinski definition) is 4. The van der Waals surface area contributed by atoms with Crippen LogP contribution in [-0.2, 0) is 6.42 Å². The van der Waals surface area contributed by atoms with E-state index in [-0.39, 0.29) is 0 Å². The standard InChI is InChI=1S/C19H19BrN4/c1-14-7-8-16(13-17(14)20)23-18-10-12-22-19(24-18)21-11-9-15-5-3-2-4-6-15/h2-8,10,12-13H,9,11H2,1H3,(H2,21,22,23,24). The van der Waals surface area contributed by atoms with Gasteiger partial charge in [-0.2, -0.15) is 4.98 Å². The van der Waals surface area contributed by atoms with Gasteiger partial charge in [0.15, 0.2) is 0 Å². The van der Waals surface area contributed by atoms with Crippen LogP contribution in [0.2, 0.25) is 0 Å². The molecule has 2 aromatic carbocycles. The van der Waals surface area contributed by atoms with Gasteiger partial charge in [-0.25, -0.2) is 4.98 Å². The van der Waals surface area contributed by atoms with Gasteiger partial charge in [-0.1, -0.05) is 52.3 Å². The Balaban J connectivity index is 1.60. The zero-order valence-electron chi connectivity index (χ0n) is 13.5. The van der Waals surface area contributed by atoms with Crippen molar-refractivity contribution in [1.82, 2.24) is 9.97 Å². The molecule has 3 aromatic rings. The first kappa shape index (κ1) is 16.5. The highest BCUT2D eigenvalue weighted by Gasteiger charge is 2.02. The van der Waals surface area contributed by atoms with Crippen LogP contribution in [-0.4, -0.2) is 16.5 Å². The van der Waals surface area contributed by atoms with Crippen molar-refractivity contribution in [3.8, 4) is 0 Å². The van der Waals surface area contributed by atoms with Crippen molar-refractivity contribution in [3.63, 3.8) is 0 Å². The summed E-state index contributed by atoms with van der Waals surface area (Å²) in [5.41, 5.74) is 3.48. The predicted octanol–water partition coefficient (Wildman–Crippen LogP) is 4.95. The Bertz CT molecular complexity index is 805. The molecule has 0 aliphatic heterocycles. The highest BCUT2D eigenvalue weighted by molar-refractivity contribution is 9.10. The highest BCUT2D eigenvalue weighted by atomic mass is 79.9. The number of halogens is 1. The lowest BCUT2D eigenvalue weighted by molar-refractivity contribution is 0.985. The van der Waals surface area contributed by atoms with E-state index in [1.54, 1.807) is 6.20 Å². The Morgan fingerprint density at radius 2 is 1.88 bits per heavy atom. The normalized spacial score (nSPS) is 10.4. The number of benzene rings is 2. The second-order valence-electron chi connectivity index (χ2n) is 5.52. The molecule has 0 spiro atoms. The second kappa shape index (κ2) is 7.93. The van der Waals surface area contributed by atoms with E-state index in [1.807, 2.05) is 24.3 Å². The van der Waals surface area contributed by atoms with Crippen molar-refractivity contribution in [1.29, 1.82) is 0 Å². The van der Waals surface area contributed by atoms with Crippen molar-refractivity contribution in [2.45, 2.75) is 13.3 Å². The van der Waals surface area contributed by atoms with Crippen molar-refractivity contribution < 1.29 is 0 Å². The summed E-state index contributed by atoms with van der Waals surface area (Å²) in [5, 5.41) is 6.57. The van der Waals surface area contributed by atoms with Gasteiger partial charge in [0.2, 0.25) is 5.95 Å². The molecular weight excluding hydrogens is 364 g/mol. The summed E-state index contributed by atoms with van der Waals surface area (Å²) >= 11 is 3.55. The summed E-state index contributed by atoms with van der Waals surface area (Å²) < 4.78 is 1.07.